The number of nitrogens with two attached hydrogens (primary N) is 1. The Kier molecular flexibility index (Phi) is 5.87. The van der Waals surface area contributed by atoms with Crippen LogP contribution in [0.1, 0.15) is 0 Å². The van der Waals surface area contributed by atoms with E-state index < -0.39 is 24.0 Å². The molecule has 1 aromatic carbocycles. The van der Waals surface area contributed by atoms with Gasteiger partial charge in [-0.15, -0.1) is 0 Å². The number of aromatic nitrogens is 2. The van der Waals surface area contributed by atoms with Gasteiger partial charge in [0.2, 0.25) is 0 Å². The van der Waals surface area contributed by atoms with E-state index in [0.717, 1.165) is 5.01 Å². The molecule has 2 aromatic heterocycles. The predicted octanol–water partition coefficient (Wildman–Crippen LogP) is 2.46. The standard InChI is InChI=1S/C22H21FN8O4/c23-18-9-15(30-12-16(35-22(30)33)11-25-19-5-8-34-28-19)2-3-17(18)14-1-4-20(26-10-14)29-6-7-31(21(24)32)27-13-29/h1-5,8-10,13,16H,6-7,11-12H2,(H2,24,32)(H,25,28)/t16-/m0/s1. The third-order valence-corrected chi connectivity index (χ3v) is 5.58. The molecule has 0 saturated carbocycles. The van der Waals surface area contributed by atoms with Gasteiger partial charge in [-0.3, -0.25) is 4.90 Å². The lowest BCUT2D eigenvalue weighted by atomic mass is 10.1. The Hall–Kier alpha value is -4.68. The van der Waals surface area contributed by atoms with E-state index in [2.05, 4.69) is 20.6 Å². The molecule has 1 fully saturated rings. The van der Waals surface area contributed by atoms with Crippen molar-refractivity contribution in [1.82, 2.24) is 15.1 Å². The second-order valence-electron chi connectivity index (χ2n) is 7.84. The number of primary amides is 1. The Labute approximate surface area is 198 Å². The molecule has 0 bridgehead atoms. The number of pyridine rings is 1. The SMILES string of the molecule is NC(=O)N1CCN(c2ccc(-c3ccc(N4C[C@H](CNc5ccon5)OC4=O)cc3F)cn2)C=N1. The minimum atomic E-state index is -0.621. The highest BCUT2D eigenvalue weighted by molar-refractivity contribution is 5.90. The van der Waals surface area contributed by atoms with Crippen LogP contribution in [-0.2, 0) is 4.74 Å². The Balaban J connectivity index is 1.25. The molecule has 5 rings (SSSR count). The monoisotopic (exact) mass is 480 g/mol. The molecule has 0 spiro atoms. The maximum absolute atomic E-state index is 15.0. The quantitative estimate of drug-likeness (QED) is 0.548. The minimum Gasteiger partial charge on any atom is -0.442 e. The second kappa shape index (κ2) is 9.29. The van der Waals surface area contributed by atoms with Gasteiger partial charge >= 0.3 is 12.1 Å². The molecule has 1 saturated heterocycles. The van der Waals surface area contributed by atoms with E-state index >= 15 is 4.39 Å². The van der Waals surface area contributed by atoms with Crippen LogP contribution in [0.3, 0.4) is 0 Å². The van der Waals surface area contributed by atoms with Crippen molar-refractivity contribution in [2.24, 2.45) is 10.8 Å². The molecule has 2 aliphatic rings. The number of hydrogen-bond donors (Lipinski definition) is 2. The van der Waals surface area contributed by atoms with Crippen LogP contribution in [0, 0.1) is 5.82 Å². The first-order valence-electron chi connectivity index (χ1n) is 10.7. The third kappa shape index (κ3) is 4.69. The number of nitrogens with zero attached hydrogens (tertiary/aromatic N) is 6. The lowest BCUT2D eigenvalue weighted by Gasteiger charge is -2.26. The number of urea groups is 1. The molecule has 3 aromatic rings. The number of halogens is 1. The summed E-state index contributed by atoms with van der Waals surface area (Å²) in [6.07, 6.45) is 3.48. The van der Waals surface area contributed by atoms with Gasteiger partial charge in [-0.05, 0) is 30.3 Å². The number of nitrogens with one attached hydrogen (secondary N) is 1. The zero-order chi connectivity index (χ0) is 24.4. The summed E-state index contributed by atoms with van der Waals surface area (Å²) in [4.78, 5) is 31.0. The Morgan fingerprint density at radius 3 is 2.77 bits per heavy atom. The summed E-state index contributed by atoms with van der Waals surface area (Å²) in [5.41, 5.74) is 6.53. The average molecular weight is 480 g/mol. The molecule has 3 N–H and O–H groups in total. The largest absolute Gasteiger partial charge is 0.442 e. The number of carbonyl (C=O) groups is 2. The summed E-state index contributed by atoms with van der Waals surface area (Å²) in [6.45, 7) is 1.42. The van der Waals surface area contributed by atoms with Crippen molar-refractivity contribution in [2.75, 3.05) is 41.3 Å². The highest BCUT2D eigenvalue weighted by Crippen LogP contribution is 2.29. The molecule has 3 amide bonds. The van der Waals surface area contributed by atoms with Gasteiger partial charge in [0.1, 0.15) is 30.3 Å². The van der Waals surface area contributed by atoms with Crippen molar-refractivity contribution in [1.29, 1.82) is 0 Å². The number of ether oxygens (including phenoxy) is 1. The summed E-state index contributed by atoms with van der Waals surface area (Å²) < 4.78 is 25.1. The molecule has 13 heteroatoms. The molecule has 1 atom stereocenters. The number of hydrazone groups is 1. The highest BCUT2D eigenvalue weighted by Gasteiger charge is 2.32. The normalized spacial score (nSPS) is 17.6. The van der Waals surface area contributed by atoms with E-state index in [0.29, 0.717) is 48.1 Å². The van der Waals surface area contributed by atoms with Gasteiger partial charge in [-0.2, -0.15) is 5.10 Å². The summed E-state index contributed by atoms with van der Waals surface area (Å²) in [5, 5.41) is 11.9. The van der Waals surface area contributed by atoms with E-state index in [4.69, 9.17) is 15.0 Å². The number of carbonyl (C=O) groups excluding carboxylic acids is 2. The lowest BCUT2D eigenvalue weighted by molar-refractivity contribution is 0.147. The number of hydrogen-bond acceptors (Lipinski definition) is 9. The first-order valence-corrected chi connectivity index (χ1v) is 10.7. The van der Waals surface area contributed by atoms with Crippen molar-refractivity contribution in [3.05, 3.63) is 54.7 Å². The first kappa shape index (κ1) is 22.1. The summed E-state index contributed by atoms with van der Waals surface area (Å²) >= 11 is 0. The molecule has 180 valence electrons. The van der Waals surface area contributed by atoms with Crippen molar-refractivity contribution >= 4 is 35.8 Å². The van der Waals surface area contributed by atoms with E-state index in [-0.39, 0.29) is 6.54 Å². The van der Waals surface area contributed by atoms with E-state index in [1.54, 1.807) is 41.4 Å². The zero-order valence-corrected chi connectivity index (χ0v) is 18.4. The molecule has 0 aliphatic carbocycles. The summed E-state index contributed by atoms with van der Waals surface area (Å²) in [7, 11) is 0. The first-order chi connectivity index (χ1) is 17.0. The van der Waals surface area contributed by atoms with Crippen molar-refractivity contribution in [2.45, 2.75) is 6.10 Å². The number of cyclic esters (lactones) is 1. The smallest absolute Gasteiger partial charge is 0.414 e. The second-order valence-corrected chi connectivity index (χ2v) is 7.84. The molecule has 12 nitrogen and oxygen atoms in total. The fourth-order valence-corrected chi connectivity index (χ4v) is 3.77. The van der Waals surface area contributed by atoms with Gasteiger partial charge in [-0.1, -0.05) is 5.16 Å². The van der Waals surface area contributed by atoms with Crippen LogP contribution in [0.25, 0.3) is 11.1 Å². The number of benzene rings is 1. The van der Waals surface area contributed by atoms with Crippen LogP contribution in [0.4, 0.5) is 31.3 Å². The van der Waals surface area contributed by atoms with Gasteiger partial charge in [-0.25, -0.2) is 24.0 Å². The zero-order valence-electron chi connectivity index (χ0n) is 18.4. The number of amides is 3. The molecular formula is C22H21FN8O4. The fourth-order valence-electron chi connectivity index (χ4n) is 3.77. The van der Waals surface area contributed by atoms with Crippen LogP contribution >= 0.6 is 0 Å². The van der Waals surface area contributed by atoms with E-state index in [1.165, 1.54) is 23.6 Å². The lowest BCUT2D eigenvalue weighted by Crippen LogP contribution is -2.43. The maximum atomic E-state index is 15.0. The summed E-state index contributed by atoms with van der Waals surface area (Å²) in [5.74, 6) is 0.643. The van der Waals surface area contributed by atoms with Crippen LogP contribution < -0.4 is 20.9 Å². The van der Waals surface area contributed by atoms with Crippen LogP contribution in [0.5, 0.6) is 0 Å². The molecule has 4 heterocycles. The van der Waals surface area contributed by atoms with Crippen LogP contribution in [0.2, 0.25) is 0 Å². The Bertz CT molecular complexity index is 1250. The van der Waals surface area contributed by atoms with Gasteiger partial charge in [0.05, 0.1) is 25.3 Å². The van der Waals surface area contributed by atoms with Crippen molar-refractivity contribution < 1.29 is 23.2 Å². The maximum Gasteiger partial charge on any atom is 0.414 e. The molecule has 0 unspecified atom stereocenters. The Morgan fingerprint density at radius 1 is 1.23 bits per heavy atom. The van der Waals surface area contributed by atoms with Crippen LogP contribution in [-0.4, -0.2) is 65.9 Å². The topological polar surface area (TPSA) is 142 Å². The van der Waals surface area contributed by atoms with Crippen LogP contribution in [0.15, 0.2) is 58.5 Å². The van der Waals surface area contributed by atoms with Crippen molar-refractivity contribution in [3.8, 4) is 11.1 Å². The molecule has 35 heavy (non-hydrogen) atoms. The molecular weight excluding hydrogens is 459 g/mol. The van der Waals surface area contributed by atoms with Crippen molar-refractivity contribution in [3.63, 3.8) is 0 Å². The van der Waals surface area contributed by atoms with Gasteiger partial charge in [0.25, 0.3) is 0 Å². The Morgan fingerprint density at radius 2 is 2.11 bits per heavy atom. The average Bonchev–Trinajstić information content (AvgIpc) is 3.52. The number of rotatable bonds is 6. The van der Waals surface area contributed by atoms with E-state index in [9.17, 15) is 9.59 Å². The highest BCUT2D eigenvalue weighted by atomic mass is 19.1. The summed E-state index contributed by atoms with van der Waals surface area (Å²) in [6, 6.07) is 9.07. The van der Waals surface area contributed by atoms with Gasteiger partial charge in [0.15, 0.2) is 5.82 Å². The molecule has 0 radical (unpaired) electrons. The predicted molar refractivity (Wildman–Crippen MR) is 124 cm³/mol. The number of anilines is 3. The van der Waals surface area contributed by atoms with Gasteiger partial charge in [0, 0.05) is 29.9 Å². The third-order valence-electron chi connectivity index (χ3n) is 5.58. The van der Waals surface area contributed by atoms with Gasteiger partial charge < -0.3 is 25.2 Å². The fraction of sp³-hybridized carbons (Fsp3) is 0.227. The minimum absolute atomic E-state index is 0.267. The van der Waals surface area contributed by atoms with E-state index in [1.807, 2.05) is 0 Å². The molecule has 2 aliphatic heterocycles.